The number of anilines is 1. The van der Waals surface area contributed by atoms with Gasteiger partial charge in [-0.1, -0.05) is 26.0 Å². The molecule has 0 saturated carbocycles. The summed E-state index contributed by atoms with van der Waals surface area (Å²) in [6, 6.07) is 5.10. The van der Waals surface area contributed by atoms with Crippen LogP contribution >= 0.6 is 0 Å². The van der Waals surface area contributed by atoms with Gasteiger partial charge in [-0.2, -0.15) is 0 Å². The molecule has 1 aromatic carbocycles. The second-order valence-corrected chi connectivity index (χ2v) is 9.06. The van der Waals surface area contributed by atoms with Crippen LogP contribution in [0.4, 0.5) is 10.2 Å². The number of rotatable bonds is 7. The molecule has 168 valence electrons. The van der Waals surface area contributed by atoms with E-state index in [1.807, 2.05) is 0 Å². The fourth-order valence-corrected chi connectivity index (χ4v) is 3.45. The molecular weight excluding hydrogens is 427 g/mol. The molecule has 0 spiro atoms. The average molecular weight is 453 g/mol. The highest BCUT2D eigenvalue weighted by atomic mass is 32.2. The van der Waals surface area contributed by atoms with Crippen molar-refractivity contribution >= 4 is 27.8 Å². The Hall–Kier alpha value is -3.01. The summed E-state index contributed by atoms with van der Waals surface area (Å²) in [5.41, 5.74) is 0.348. The lowest BCUT2D eigenvalue weighted by molar-refractivity contribution is 0.0527. The largest absolute Gasteiger partial charge is 0.465 e. The summed E-state index contributed by atoms with van der Waals surface area (Å²) < 4.78 is 49.2. The first-order valence-electron chi connectivity index (χ1n) is 9.47. The average Bonchev–Trinajstić information content (AvgIpc) is 2.71. The Kier molecular flexibility index (Phi) is 7.37. The van der Waals surface area contributed by atoms with E-state index in [1.54, 1.807) is 20.8 Å². The van der Waals surface area contributed by atoms with Gasteiger partial charge in [-0.15, -0.1) is 0 Å². The number of benzene rings is 1. The molecule has 2 rings (SSSR count). The zero-order chi connectivity index (χ0) is 23.5. The summed E-state index contributed by atoms with van der Waals surface area (Å²) in [7, 11) is -1.40. The summed E-state index contributed by atoms with van der Waals surface area (Å²) in [6.07, 6.45) is 0.963. The Bertz CT molecular complexity index is 1100. The number of hydrogen-bond acceptors (Lipinski definition) is 7. The molecule has 0 aliphatic carbocycles. The minimum absolute atomic E-state index is 0.00318. The van der Waals surface area contributed by atoms with Gasteiger partial charge in [0.2, 0.25) is 10.0 Å². The first-order chi connectivity index (χ1) is 14.4. The van der Waals surface area contributed by atoms with Gasteiger partial charge >= 0.3 is 11.9 Å². The molecule has 0 saturated heterocycles. The number of aromatic nitrogens is 1. The summed E-state index contributed by atoms with van der Waals surface area (Å²) in [4.78, 5) is 30.2. The molecule has 31 heavy (non-hydrogen) atoms. The molecule has 0 unspecified atom stereocenters. The molecule has 10 heteroatoms. The van der Waals surface area contributed by atoms with E-state index in [0.717, 1.165) is 10.6 Å². The Balaban J connectivity index is 3.15. The number of esters is 2. The first-order valence-corrected chi connectivity index (χ1v) is 11.3. The number of hydrogen-bond donors (Lipinski definition) is 0. The number of methoxy groups -OCH3 is 1. The van der Waals surface area contributed by atoms with E-state index < -0.39 is 27.8 Å². The highest BCUT2D eigenvalue weighted by molar-refractivity contribution is 7.92. The van der Waals surface area contributed by atoms with E-state index >= 15 is 0 Å². The van der Waals surface area contributed by atoms with Crippen molar-refractivity contribution in [3.8, 4) is 11.1 Å². The van der Waals surface area contributed by atoms with Crippen LogP contribution in [0.3, 0.4) is 0 Å². The minimum atomic E-state index is -3.83. The van der Waals surface area contributed by atoms with E-state index in [9.17, 15) is 22.4 Å². The topological polar surface area (TPSA) is 103 Å². The van der Waals surface area contributed by atoms with E-state index in [4.69, 9.17) is 9.47 Å². The number of pyridine rings is 1. The first kappa shape index (κ1) is 24.3. The lowest BCUT2D eigenvalue weighted by atomic mass is 9.90. The van der Waals surface area contributed by atoms with Crippen LogP contribution in [0.2, 0.25) is 0 Å². The van der Waals surface area contributed by atoms with Gasteiger partial charge in [0.05, 0.1) is 31.2 Å². The van der Waals surface area contributed by atoms with Crippen molar-refractivity contribution in [1.29, 1.82) is 0 Å². The van der Waals surface area contributed by atoms with Gasteiger partial charge < -0.3 is 9.47 Å². The molecular formula is C21H25FN2O6S. The van der Waals surface area contributed by atoms with Crippen LogP contribution in [0.5, 0.6) is 0 Å². The van der Waals surface area contributed by atoms with Crippen LogP contribution in [-0.4, -0.2) is 52.4 Å². The highest BCUT2D eigenvalue weighted by Crippen LogP contribution is 2.38. The van der Waals surface area contributed by atoms with Gasteiger partial charge in [0, 0.05) is 12.6 Å². The summed E-state index contributed by atoms with van der Waals surface area (Å²) in [6.45, 7) is 5.12. The van der Waals surface area contributed by atoms with Gasteiger partial charge in [0.15, 0.2) is 5.82 Å². The number of sulfonamides is 1. The van der Waals surface area contributed by atoms with Crippen LogP contribution < -0.4 is 4.31 Å². The molecule has 0 amide bonds. The van der Waals surface area contributed by atoms with Gasteiger partial charge in [0.25, 0.3) is 0 Å². The third-order valence-electron chi connectivity index (χ3n) is 4.55. The van der Waals surface area contributed by atoms with E-state index in [1.165, 1.54) is 38.4 Å². The SMILES string of the molecule is CCOC(=O)c1c(N(C)S(C)(=O)=O)nc(C(C)C)c(C(=O)OC)c1-c1ccc(F)cc1. The van der Waals surface area contributed by atoms with Crippen LogP contribution in [0.25, 0.3) is 11.1 Å². The molecule has 8 nitrogen and oxygen atoms in total. The van der Waals surface area contributed by atoms with Gasteiger partial charge in [-0.25, -0.2) is 27.4 Å². The van der Waals surface area contributed by atoms with Crippen molar-refractivity contribution in [1.82, 2.24) is 4.98 Å². The van der Waals surface area contributed by atoms with Crippen molar-refractivity contribution in [3.05, 3.63) is 46.9 Å². The van der Waals surface area contributed by atoms with E-state index in [-0.39, 0.29) is 40.7 Å². The minimum Gasteiger partial charge on any atom is -0.465 e. The van der Waals surface area contributed by atoms with E-state index in [0.29, 0.717) is 5.56 Å². The Labute approximate surface area is 181 Å². The van der Waals surface area contributed by atoms with Gasteiger partial charge in [0.1, 0.15) is 11.4 Å². The molecule has 0 fully saturated rings. The summed E-state index contributed by atoms with van der Waals surface area (Å²) in [5, 5.41) is 0. The number of halogens is 1. The maximum absolute atomic E-state index is 13.6. The number of ether oxygens (including phenoxy) is 2. The fourth-order valence-electron chi connectivity index (χ4n) is 3.00. The van der Waals surface area contributed by atoms with Crippen LogP contribution in [0.15, 0.2) is 24.3 Å². The number of carbonyl (C=O) groups excluding carboxylic acids is 2. The molecule has 0 radical (unpaired) electrons. The molecule has 0 N–H and O–H groups in total. The van der Waals surface area contributed by atoms with Gasteiger partial charge in [-0.05, 0) is 30.5 Å². The normalized spacial score (nSPS) is 11.4. The Morgan fingerprint density at radius 3 is 2.16 bits per heavy atom. The van der Waals surface area contributed by atoms with E-state index in [2.05, 4.69) is 4.98 Å². The van der Waals surface area contributed by atoms with Crippen molar-refractivity contribution in [2.75, 3.05) is 31.3 Å². The predicted octanol–water partition coefficient (Wildman–Crippen LogP) is 3.37. The summed E-state index contributed by atoms with van der Waals surface area (Å²) in [5.74, 6) is -2.70. The second-order valence-electron chi connectivity index (χ2n) is 7.05. The van der Waals surface area contributed by atoms with Crippen LogP contribution in [0, 0.1) is 5.82 Å². The highest BCUT2D eigenvalue weighted by Gasteiger charge is 2.34. The molecule has 1 heterocycles. The van der Waals surface area contributed by atoms with Crippen molar-refractivity contribution in [2.24, 2.45) is 0 Å². The van der Waals surface area contributed by atoms with Crippen LogP contribution in [0.1, 0.15) is 53.1 Å². The third kappa shape index (κ3) is 5.01. The Morgan fingerprint density at radius 1 is 1.13 bits per heavy atom. The smallest absolute Gasteiger partial charge is 0.342 e. The molecule has 0 atom stereocenters. The summed E-state index contributed by atoms with van der Waals surface area (Å²) >= 11 is 0. The maximum Gasteiger partial charge on any atom is 0.342 e. The molecule has 0 bridgehead atoms. The molecule has 2 aromatic rings. The fraction of sp³-hybridized carbons (Fsp3) is 0.381. The standard InChI is InChI=1S/C21H25FN2O6S/c1-7-30-21(26)17-15(13-8-10-14(22)11-9-13)16(20(25)29-5)18(12(2)3)23-19(17)24(4)31(6,27)28/h8-12H,7H2,1-6H3. The monoisotopic (exact) mass is 452 g/mol. The number of nitrogens with zero attached hydrogens (tertiary/aromatic N) is 2. The zero-order valence-corrected chi connectivity index (χ0v) is 19.0. The second kappa shape index (κ2) is 9.42. The molecule has 1 aromatic heterocycles. The lowest BCUT2D eigenvalue weighted by Crippen LogP contribution is -2.30. The van der Waals surface area contributed by atoms with Crippen molar-refractivity contribution in [3.63, 3.8) is 0 Å². The lowest BCUT2D eigenvalue weighted by Gasteiger charge is -2.25. The predicted molar refractivity (Wildman–Crippen MR) is 114 cm³/mol. The zero-order valence-electron chi connectivity index (χ0n) is 18.2. The molecule has 0 aliphatic heterocycles. The number of carbonyl (C=O) groups is 2. The van der Waals surface area contributed by atoms with Crippen LogP contribution in [-0.2, 0) is 19.5 Å². The van der Waals surface area contributed by atoms with Gasteiger partial charge in [-0.3, -0.25) is 4.31 Å². The molecule has 0 aliphatic rings. The maximum atomic E-state index is 13.6. The Morgan fingerprint density at radius 2 is 1.71 bits per heavy atom. The van der Waals surface area contributed by atoms with Crippen molar-refractivity contribution in [2.45, 2.75) is 26.7 Å². The third-order valence-corrected chi connectivity index (χ3v) is 5.72. The van der Waals surface area contributed by atoms with Crippen molar-refractivity contribution < 1.29 is 31.9 Å². The quantitative estimate of drug-likeness (QED) is 0.594.